The number of benzene rings is 2. The van der Waals surface area contributed by atoms with Gasteiger partial charge in [-0.2, -0.15) is 10.2 Å². The van der Waals surface area contributed by atoms with Crippen LogP contribution in [0.4, 0.5) is 0 Å². The fourth-order valence-electron chi connectivity index (χ4n) is 2.63. The molecule has 8 heteroatoms. The van der Waals surface area contributed by atoms with E-state index < -0.39 is 0 Å². The quantitative estimate of drug-likeness (QED) is 0.258. The van der Waals surface area contributed by atoms with Crippen LogP contribution >= 0.6 is 12.2 Å². The Morgan fingerprint density at radius 3 is 2.59 bits per heavy atom. The lowest BCUT2D eigenvalue weighted by Gasteiger charge is -2.05. The summed E-state index contributed by atoms with van der Waals surface area (Å²) >= 11 is 5.19. The normalized spacial score (nSPS) is 10.8. The molecule has 0 bridgehead atoms. The van der Waals surface area contributed by atoms with E-state index in [1.807, 2.05) is 65.5 Å². The van der Waals surface area contributed by atoms with Crippen LogP contribution in [0.5, 0.6) is 5.75 Å². The highest BCUT2D eigenvalue weighted by Gasteiger charge is 2.11. The second kappa shape index (κ2) is 10.4. The Morgan fingerprint density at radius 1 is 1.14 bits per heavy atom. The summed E-state index contributed by atoms with van der Waals surface area (Å²) in [6.45, 7) is 1.18. The summed E-state index contributed by atoms with van der Waals surface area (Å²) in [5, 5.41) is 12.4. The van der Waals surface area contributed by atoms with Gasteiger partial charge >= 0.3 is 0 Å². The molecular weight excluding hydrogens is 386 g/mol. The number of para-hydroxylation sites is 1. The van der Waals surface area contributed by atoms with E-state index in [4.69, 9.17) is 26.8 Å². The minimum atomic E-state index is 0.430. The summed E-state index contributed by atoms with van der Waals surface area (Å²) in [6.07, 6.45) is 3.64. The molecule has 0 saturated heterocycles. The first-order valence-electron chi connectivity index (χ1n) is 9.06. The van der Waals surface area contributed by atoms with Crippen LogP contribution in [-0.2, 0) is 4.74 Å². The summed E-state index contributed by atoms with van der Waals surface area (Å²) in [5.74, 6) is 0.792. The van der Waals surface area contributed by atoms with E-state index in [0.717, 1.165) is 28.3 Å². The first-order valence-corrected chi connectivity index (χ1v) is 9.47. The molecule has 0 unspecified atom stereocenters. The molecule has 2 N–H and O–H groups in total. The van der Waals surface area contributed by atoms with Crippen LogP contribution in [0.1, 0.15) is 5.56 Å². The molecule has 7 nitrogen and oxygen atoms in total. The van der Waals surface area contributed by atoms with Gasteiger partial charge in [0.25, 0.3) is 0 Å². The maximum absolute atomic E-state index is 5.25. The predicted octanol–water partition coefficient (Wildman–Crippen LogP) is 2.99. The molecule has 0 aliphatic heterocycles. The van der Waals surface area contributed by atoms with E-state index in [-0.39, 0.29) is 0 Å². The van der Waals surface area contributed by atoms with Gasteiger partial charge < -0.3 is 14.8 Å². The maximum atomic E-state index is 5.25. The Hall–Kier alpha value is -3.23. The monoisotopic (exact) mass is 409 g/mol. The lowest BCUT2D eigenvalue weighted by Crippen LogP contribution is -2.34. The Kier molecular flexibility index (Phi) is 7.32. The fraction of sp³-hybridized carbons (Fsp3) is 0.190. The van der Waals surface area contributed by atoms with Gasteiger partial charge in [0, 0.05) is 31.0 Å². The number of hydrogen-bond donors (Lipinski definition) is 2. The molecule has 1 heterocycles. The minimum Gasteiger partial charge on any atom is -0.497 e. The zero-order valence-electron chi connectivity index (χ0n) is 16.3. The van der Waals surface area contributed by atoms with Crippen LogP contribution in [0.2, 0.25) is 0 Å². The van der Waals surface area contributed by atoms with Crippen molar-refractivity contribution in [2.75, 3.05) is 27.4 Å². The number of nitrogens with one attached hydrogen (secondary N) is 2. The largest absolute Gasteiger partial charge is 0.497 e. The number of hydrogen-bond acceptors (Lipinski definition) is 5. The predicted molar refractivity (Wildman–Crippen MR) is 119 cm³/mol. The number of nitrogens with zero attached hydrogens (tertiary/aromatic N) is 3. The average molecular weight is 410 g/mol. The van der Waals surface area contributed by atoms with Crippen LogP contribution in [-0.4, -0.2) is 48.5 Å². The minimum absolute atomic E-state index is 0.430. The first-order chi connectivity index (χ1) is 14.2. The molecule has 0 amide bonds. The Bertz CT molecular complexity index is 955. The fourth-order valence-corrected chi connectivity index (χ4v) is 2.79. The second-order valence-corrected chi connectivity index (χ2v) is 6.47. The molecule has 3 aromatic rings. The van der Waals surface area contributed by atoms with Crippen molar-refractivity contribution < 1.29 is 9.47 Å². The number of methoxy groups -OCH3 is 2. The van der Waals surface area contributed by atoms with Crippen molar-refractivity contribution in [3.05, 3.63) is 66.4 Å². The summed E-state index contributed by atoms with van der Waals surface area (Å²) in [6, 6.07) is 17.7. The van der Waals surface area contributed by atoms with Crippen LogP contribution in [0.25, 0.3) is 16.9 Å². The lowest BCUT2D eigenvalue weighted by molar-refractivity contribution is 0.204. The third-order valence-corrected chi connectivity index (χ3v) is 4.32. The smallest absolute Gasteiger partial charge is 0.187 e. The summed E-state index contributed by atoms with van der Waals surface area (Å²) in [7, 11) is 3.29. The number of aromatic nitrogens is 2. The third-order valence-electron chi connectivity index (χ3n) is 4.09. The van der Waals surface area contributed by atoms with E-state index in [0.29, 0.717) is 18.3 Å². The standard InChI is InChI=1S/C21H23N5O2S/c1-27-13-12-22-21(29)24-23-14-17-15-26(18-6-4-3-5-7-18)25-20(17)16-8-10-19(28-2)11-9-16/h3-11,14-15H,12-13H2,1-2H3,(H2,22,24,29). The average Bonchev–Trinajstić information content (AvgIpc) is 3.19. The summed E-state index contributed by atoms with van der Waals surface area (Å²) in [4.78, 5) is 0. The zero-order valence-corrected chi connectivity index (χ0v) is 17.1. The van der Waals surface area contributed by atoms with Crippen molar-refractivity contribution in [1.82, 2.24) is 20.5 Å². The van der Waals surface area contributed by atoms with E-state index in [1.54, 1.807) is 20.4 Å². The molecule has 150 valence electrons. The zero-order chi connectivity index (χ0) is 20.5. The van der Waals surface area contributed by atoms with E-state index >= 15 is 0 Å². The van der Waals surface area contributed by atoms with Crippen molar-refractivity contribution in [2.45, 2.75) is 0 Å². The van der Waals surface area contributed by atoms with Crippen LogP contribution < -0.4 is 15.5 Å². The van der Waals surface area contributed by atoms with Crippen LogP contribution in [0.3, 0.4) is 0 Å². The van der Waals surface area contributed by atoms with E-state index in [9.17, 15) is 0 Å². The molecule has 0 spiro atoms. The molecule has 0 radical (unpaired) electrons. The van der Waals surface area contributed by atoms with E-state index in [2.05, 4.69) is 15.8 Å². The number of hydrazone groups is 1. The molecule has 0 aliphatic rings. The van der Waals surface area contributed by atoms with Crippen molar-refractivity contribution in [3.8, 4) is 22.7 Å². The highest BCUT2D eigenvalue weighted by molar-refractivity contribution is 7.80. The van der Waals surface area contributed by atoms with E-state index in [1.165, 1.54) is 0 Å². The maximum Gasteiger partial charge on any atom is 0.187 e. The second-order valence-electron chi connectivity index (χ2n) is 6.06. The van der Waals surface area contributed by atoms with Gasteiger partial charge in [-0.05, 0) is 48.6 Å². The number of thiocarbonyl (C=S) groups is 1. The molecular formula is C21H23N5O2S. The van der Waals surface area contributed by atoms with Gasteiger partial charge in [-0.25, -0.2) is 4.68 Å². The summed E-state index contributed by atoms with van der Waals surface area (Å²) < 4.78 is 12.1. The van der Waals surface area contributed by atoms with Gasteiger partial charge in [-0.3, -0.25) is 5.43 Å². The topological polar surface area (TPSA) is 72.7 Å². The molecule has 0 atom stereocenters. The molecule has 2 aromatic carbocycles. The van der Waals surface area contributed by atoms with Crippen molar-refractivity contribution in [1.29, 1.82) is 0 Å². The molecule has 0 fully saturated rings. The summed E-state index contributed by atoms with van der Waals surface area (Å²) in [5.41, 5.74) is 6.40. The van der Waals surface area contributed by atoms with Crippen molar-refractivity contribution >= 4 is 23.5 Å². The highest BCUT2D eigenvalue weighted by atomic mass is 32.1. The SMILES string of the molecule is COCCNC(=S)NN=Cc1cn(-c2ccccc2)nc1-c1ccc(OC)cc1. The van der Waals surface area contributed by atoms with Gasteiger partial charge in [-0.1, -0.05) is 18.2 Å². The highest BCUT2D eigenvalue weighted by Crippen LogP contribution is 2.24. The molecule has 29 heavy (non-hydrogen) atoms. The van der Waals surface area contributed by atoms with Gasteiger partial charge in [0.1, 0.15) is 11.4 Å². The van der Waals surface area contributed by atoms with Gasteiger partial charge in [0.15, 0.2) is 5.11 Å². The van der Waals surface area contributed by atoms with Crippen LogP contribution in [0.15, 0.2) is 65.9 Å². The first kappa shape index (κ1) is 20.5. The Balaban J connectivity index is 1.84. The molecule has 0 saturated carbocycles. The number of rotatable bonds is 8. The van der Waals surface area contributed by atoms with Gasteiger partial charge in [0.2, 0.25) is 0 Å². The number of ether oxygens (including phenoxy) is 2. The molecule has 0 aliphatic carbocycles. The van der Waals surface area contributed by atoms with Gasteiger partial charge in [0.05, 0.1) is 25.6 Å². The third kappa shape index (κ3) is 5.63. The Labute approximate surface area is 175 Å². The molecule has 1 aromatic heterocycles. The van der Waals surface area contributed by atoms with Crippen molar-refractivity contribution in [3.63, 3.8) is 0 Å². The Morgan fingerprint density at radius 2 is 1.90 bits per heavy atom. The van der Waals surface area contributed by atoms with Crippen LogP contribution in [0, 0.1) is 0 Å². The van der Waals surface area contributed by atoms with Crippen molar-refractivity contribution in [2.24, 2.45) is 5.10 Å². The van der Waals surface area contributed by atoms with Gasteiger partial charge in [-0.15, -0.1) is 0 Å². The lowest BCUT2D eigenvalue weighted by atomic mass is 10.1. The molecule has 3 rings (SSSR count).